The summed E-state index contributed by atoms with van der Waals surface area (Å²) in [7, 11) is 0. The first-order valence-electron chi connectivity index (χ1n) is 6.74. The van der Waals surface area contributed by atoms with Gasteiger partial charge in [0.25, 0.3) is 0 Å². The Hall–Kier alpha value is -0.830. The van der Waals surface area contributed by atoms with Crippen molar-refractivity contribution in [2.75, 3.05) is 6.54 Å². The zero-order valence-corrected chi connectivity index (χ0v) is 12.0. The Morgan fingerprint density at radius 3 is 2.59 bits per heavy atom. The summed E-state index contributed by atoms with van der Waals surface area (Å²) in [5.41, 5.74) is 0.180. The van der Waals surface area contributed by atoms with Crippen LogP contribution < -0.4 is 5.32 Å². The van der Waals surface area contributed by atoms with E-state index in [4.69, 9.17) is 0 Å². The van der Waals surface area contributed by atoms with Crippen LogP contribution in [0.3, 0.4) is 0 Å². The Morgan fingerprint density at radius 2 is 2.06 bits per heavy atom. The second-order valence-corrected chi connectivity index (χ2v) is 5.68. The molecule has 0 radical (unpaired) electrons. The van der Waals surface area contributed by atoms with Gasteiger partial charge in [-0.3, -0.25) is 0 Å². The Labute approximate surface area is 106 Å². The maximum atomic E-state index is 4.42. The highest BCUT2D eigenvalue weighted by Crippen LogP contribution is 2.16. The first-order valence-corrected chi connectivity index (χ1v) is 6.74. The van der Waals surface area contributed by atoms with Crippen molar-refractivity contribution < 1.29 is 0 Å². The molecule has 0 spiro atoms. The van der Waals surface area contributed by atoms with E-state index in [0.29, 0.717) is 6.04 Å². The molecule has 0 aromatic carbocycles. The van der Waals surface area contributed by atoms with Gasteiger partial charge >= 0.3 is 0 Å². The monoisotopic (exact) mass is 237 g/mol. The average Bonchev–Trinajstić information content (AvgIpc) is 2.70. The smallest absolute Gasteiger partial charge is 0.108 e. The van der Waals surface area contributed by atoms with Crippen molar-refractivity contribution >= 4 is 0 Å². The van der Waals surface area contributed by atoms with Gasteiger partial charge in [0.2, 0.25) is 0 Å². The maximum Gasteiger partial charge on any atom is 0.108 e. The van der Waals surface area contributed by atoms with Crippen molar-refractivity contribution in [1.29, 1.82) is 0 Å². The molecule has 3 heteroatoms. The van der Waals surface area contributed by atoms with Gasteiger partial charge in [0.1, 0.15) is 5.82 Å². The van der Waals surface area contributed by atoms with E-state index in [2.05, 4.69) is 55.7 Å². The quantitative estimate of drug-likeness (QED) is 0.823. The van der Waals surface area contributed by atoms with Gasteiger partial charge in [-0.05, 0) is 27.2 Å². The highest BCUT2D eigenvalue weighted by molar-refractivity contribution is 4.95. The van der Waals surface area contributed by atoms with Gasteiger partial charge < -0.3 is 9.88 Å². The minimum absolute atomic E-state index is 0.180. The van der Waals surface area contributed by atoms with Crippen LogP contribution in [0.2, 0.25) is 0 Å². The average molecular weight is 237 g/mol. The van der Waals surface area contributed by atoms with E-state index in [-0.39, 0.29) is 5.54 Å². The minimum atomic E-state index is 0.180. The van der Waals surface area contributed by atoms with Gasteiger partial charge in [0.15, 0.2) is 0 Å². The Kier molecular flexibility index (Phi) is 5.19. The standard InChI is InChI=1S/C14H27N3/c1-6-8-12(11-16-14(3,4)5)17-10-9-15-13(17)7-2/h9-10,12,16H,6-8,11H2,1-5H3. The van der Waals surface area contributed by atoms with E-state index >= 15 is 0 Å². The Morgan fingerprint density at radius 1 is 1.35 bits per heavy atom. The molecule has 1 aromatic rings. The summed E-state index contributed by atoms with van der Waals surface area (Å²) < 4.78 is 2.34. The number of aryl methyl sites for hydroxylation is 1. The van der Waals surface area contributed by atoms with Gasteiger partial charge in [-0.15, -0.1) is 0 Å². The molecule has 1 atom stereocenters. The van der Waals surface area contributed by atoms with Crippen molar-refractivity contribution in [1.82, 2.24) is 14.9 Å². The SMILES string of the molecule is CCCC(CNC(C)(C)C)n1ccnc1CC. The van der Waals surface area contributed by atoms with Crippen LogP contribution in [0.4, 0.5) is 0 Å². The Bertz CT molecular complexity index is 322. The molecule has 98 valence electrons. The van der Waals surface area contributed by atoms with Crippen molar-refractivity contribution in [3.8, 4) is 0 Å². The zero-order chi connectivity index (χ0) is 12.9. The van der Waals surface area contributed by atoms with E-state index in [1.807, 2.05) is 6.20 Å². The first kappa shape index (κ1) is 14.2. The molecule has 0 fully saturated rings. The molecule has 0 aliphatic carbocycles. The molecule has 0 amide bonds. The third kappa shape index (κ3) is 4.50. The van der Waals surface area contributed by atoms with Crippen LogP contribution in [0.5, 0.6) is 0 Å². The molecule has 1 unspecified atom stereocenters. The van der Waals surface area contributed by atoms with Gasteiger partial charge in [-0.1, -0.05) is 20.3 Å². The topological polar surface area (TPSA) is 29.9 Å². The summed E-state index contributed by atoms with van der Waals surface area (Å²) in [6.07, 6.45) is 7.44. The molecule has 1 heterocycles. The molecular formula is C14H27N3. The van der Waals surface area contributed by atoms with Crippen molar-refractivity contribution in [3.63, 3.8) is 0 Å². The van der Waals surface area contributed by atoms with E-state index in [0.717, 1.165) is 13.0 Å². The number of aromatic nitrogens is 2. The van der Waals surface area contributed by atoms with Crippen LogP contribution in [0.15, 0.2) is 12.4 Å². The highest BCUT2D eigenvalue weighted by atomic mass is 15.1. The predicted octanol–water partition coefficient (Wildman–Crippen LogP) is 3.17. The van der Waals surface area contributed by atoms with Crippen LogP contribution in [-0.4, -0.2) is 21.6 Å². The Balaban J connectivity index is 2.71. The van der Waals surface area contributed by atoms with Crippen LogP contribution in [0.1, 0.15) is 59.3 Å². The number of imidazole rings is 1. The maximum absolute atomic E-state index is 4.42. The second-order valence-electron chi connectivity index (χ2n) is 5.68. The van der Waals surface area contributed by atoms with E-state index in [9.17, 15) is 0 Å². The highest BCUT2D eigenvalue weighted by Gasteiger charge is 2.16. The van der Waals surface area contributed by atoms with Crippen LogP contribution in [0.25, 0.3) is 0 Å². The van der Waals surface area contributed by atoms with Gasteiger partial charge in [0, 0.05) is 36.9 Å². The van der Waals surface area contributed by atoms with E-state index in [1.165, 1.54) is 18.7 Å². The fourth-order valence-corrected chi connectivity index (χ4v) is 2.05. The molecule has 0 bridgehead atoms. The predicted molar refractivity (Wildman–Crippen MR) is 73.3 cm³/mol. The summed E-state index contributed by atoms with van der Waals surface area (Å²) in [5.74, 6) is 1.19. The van der Waals surface area contributed by atoms with Crippen molar-refractivity contribution in [2.24, 2.45) is 0 Å². The lowest BCUT2D eigenvalue weighted by molar-refractivity contribution is 0.348. The second kappa shape index (κ2) is 6.20. The molecule has 0 aliphatic rings. The molecule has 1 rings (SSSR count). The lowest BCUT2D eigenvalue weighted by Crippen LogP contribution is -2.39. The van der Waals surface area contributed by atoms with Crippen molar-refractivity contribution in [2.45, 2.75) is 65.5 Å². The fraction of sp³-hybridized carbons (Fsp3) is 0.786. The summed E-state index contributed by atoms with van der Waals surface area (Å²) in [6, 6.07) is 0.525. The van der Waals surface area contributed by atoms with Crippen LogP contribution in [-0.2, 0) is 6.42 Å². The van der Waals surface area contributed by atoms with Crippen LogP contribution in [0, 0.1) is 0 Å². The molecule has 3 nitrogen and oxygen atoms in total. The van der Waals surface area contributed by atoms with Gasteiger partial charge in [-0.2, -0.15) is 0 Å². The molecule has 1 aromatic heterocycles. The third-order valence-electron chi connectivity index (χ3n) is 2.95. The van der Waals surface area contributed by atoms with Gasteiger partial charge in [0.05, 0.1) is 0 Å². The summed E-state index contributed by atoms with van der Waals surface area (Å²) >= 11 is 0. The molecule has 1 N–H and O–H groups in total. The first-order chi connectivity index (χ1) is 7.98. The van der Waals surface area contributed by atoms with Crippen molar-refractivity contribution in [3.05, 3.63) is 18.2 Å². The summed E-state index contributed by atoms with van der Waals surface area (Å²) in [5, 5.41) is 3.60. The van der Waals surface area contributed by atoms with Crippen LogP contribution >= 0.6 is 0 Å². The number of hydrogen-bond donors (Lipinski definition) is 1. The number of rotatable bonds is 6. The third-order valence-corrected chi connectivity index (χ3v) is 2.95. The zero-order valence-electron chi connectivity index (χ0n) is 12.0. The molecule has 0 aliphatic heterocycles. The lowest BCUT2D eigenvalue weighted by Gasteiger charge is -2.27. The summed E-state index contributed by atoms with van der Waals surface area (Å²) in [4.78, 5) is 4.42. The number of nitrogens with one attached hydrogen (secondary N) is 1. The van der Waals surface area contributed by atoms with E-state index in [1.54, 1.807) is 0 Å². The number of hydrogen-bond acceptors (Lipinski definition) is 2. The molecular weight excluding hydrogens is 210 g/mol. The molecule has 17 heavy (non-hydrogen) atoms. The van der Waals surface area contributed by atoms with Gasteiger partial charge in [-0.25, -0.2) is 4.98 Å². The molecule has 0 saturated heterocycles. The molecule has 0 saturated carbocycles. The lowest BCUT2D eigenvalue weighted by atomic mass is 10.1. The normalized spacial score (nSPS) is 13.9. The number of nitrogens with zero attached hydrogens (tertiary/aromatic N) is 2. The summed E-state index contributed by atoms with van der Waals surface area (Å²) in [6.45, 7) is 12.1. The van der Waals surface area contributed by atoms with E-state index < -0.39 is 0 Å². The fourth-order valence-electron chi connectivity index (χ4n) is 2.05. The largest absolute Gasteiger partial charge is 0.331 e. The minimum Gasteiger partial charge on any atom is -0.331 e.